The zero-order valence-corrected chi connectivity index (χ0v) is 15.3. The van der Waals surface area contributed by atoms with Gasteiger partial charge in [-0.3, -0.25) is 4.79 Å². The van der Waals surface area contributed by atoms with Crippen molar-refractivity contribution in [1.29, 1.82) is 0 Å². The molecule has 1 aliphatic carbocycles. The van der Waals surface area contributed by atoms with Gasteiger partial charge in [0.1, 0.15) is 0 Å². The molecule has 3 aromatic rings. The maximum Gasteiger partial charge on any atom is 0.416 e. The lowest BCUT2D eigenvalue weighted by atomic mass is 9.92. The summed E-state index contributed by atoms with van der Waals surface area (Å²) in [5.41, 5.74) is 0.0288. The van der Waals surface area contributed by atoms with Gasteiger partial charge >= 0.3 is 6.18 Å². The lowest BCUT2D eigenvalue weighted by molar-refractivity contribution is -0.137. The maximum atomic E-state index is 12.8. The molecule has 1 aromatic carbocycles. The van der Waals surface area contributed by atoms with Gasteiger partial charge < -0.3 is 4.90 Å². The average Bonchev–Trinajstić information content (AvgIpc) is 3.28. The molecule has 2 aromatic heterocycles. The van der Waals surface area contributed by atoms with Crippen LogP contribution in [0.15, 0.2) is 41.3 Å². The van der Waals surface area contributed by atoms with Gasteiger partial charge in [-0.05, 0) is 30.5 Å². The zero-order valence-electron chi connectivity index (χ0n) is 14.5. The second-order valence-electron chi connectivity index (χ2n) is 6.70. The van der Waals surface area contributed by atoms with Gasteiger partial charge in [-0.15, -0.1) is 5.10 Å². The Morgan fingerprint density at radius 1 is 1.19 bits per heavy atom. The van der Waals surface area contributed by atoms with Crippen LogP contribution in [0.1, 0.15) is 36.3 Å². The number of fused-ring (bicyclic) bond motifs is 1. The van der Waals surface area contributed by atoms with E-state index in [1.807, 2.05) is 11.9 Å². The van der Waals surface area contributed by atoms with Gasteiger partial charge in [-0.1, -0.05) is 29.9 Å². The van der Waals surface area contributed by atoms with Crippen molar-refractivity contribution >= 4 is 21.4 Å². The highest BCUT2D eigenvalue weighted by molar-refractivity contribution is 7.20. The molecule has 0 spiro atoms. The number of aromatic nitrogens is 3. The van der Waals surface area contributed by atoms with Crippen molar-refractivity contribution < 1.29 is 13.2 Å². The van der Waals surface area contributed by atoms with Crippen molar-refractivity contribution in [2.75, 3.05) is 11.9 Å². The predicted octanol–water partition coefficient (Wildman–Crippen LogP) is 3.94. The normalized spacial score (nSPS) is 20.3. The molecule has 1 fully saturated rings. The largest absolute Gasteiger partial charge is 0.416 e. The average molecular weight is 394 g/mol. The SMILES string of the molecule is CN(c1nn2c(=O)ccnc2s1)[C@H]1CCC[C@H]1c1ccc(C(F)(F)F)cc1. The molecule has 0 aliphatic heterocycles. The van der Waals surface area contributed by atoms with Crippen molar-refractivity contribution in [1.82, 2.24) is 14.6 Å². The molecule has 2 atom stereocenters. The van der Waals surface area contributed by atoms with Gasteiger partial charge in [0.05, 0.1) is 5.56 Å². The number of rotatable bonds is 3. The third-order valence-electron chi connectivity index (χ3n) is 5.10. The minimum atomic E-state index is -4.33. The van der Waals surface area contributed by atoms with Crippen LogP contribution in [0.5, 0.6) is 0 Å². The smallest absolute Gasteiger partial charge is 0.346 e. The summed E-state index contributed by atoms with van der Waals surface area (Å²) in [5, 5.41) is 5.04. The first kappa shape index (κ1) is 18.0. The Balaban J connectivity index is 1.62. The van der Waals surface area contributed by atoms with Crippen LogP contribution in [0, 0.1) is 0 Å². The summed E-state index contributed by atoms with van der Waals surface area (Å²) in [5.74, 6) is 0.119. The van der Waals surface area contributed by atoms with Gasteiger partial charge in [0.2, 0.25) is 10.1 Å². The first-order chi connectivity index (χ1) is 12.8. The molecule has 9 heteroatoms. The quantitative estimate of drug-likeness (QED) is 0.675. The van der Waals surface area contributed by atoms with Gasteiger partial charge in [0.25, 0.3) is 5.56 Å². The number of hydrogen-bond acceptors (Lipinski definition) is 5. The van der Waals surface area contributed by atoms with Crippen LogP contribution in [0.4, 0.5) is 18.3 Å². The highest BCUT2D eigenvalue weighted by Crippen LogP contribution is 2.40. The second-order valence-corrected chi connectivity index (χ2v) is 7.63. The van der Waals surface area contributed by atoms with E-state index in [1.165, 1.54) is 28.1 Å². The monoisotopic (exact) mass is 394 g/mol. The molecular weight excluding hydrogens is 377 g/mol. The number of alkyl halides is 3. The van der Waals surface area contributed by atoms with E-state index in [9.17, 15) is 18.0 Å². The fourth-order valence-electron chi connectivity index (χ4n) is 3.73. The molecule has 5 nitrogen and oxygen atoms in total. The van der Waals surface area contributed by atoms with E-state index >= 15 is 0 Å². The predicted molar refractivity (Wildman–Crippen MR) is 97.4 cm³/mol. The molecule has 1 aliphatic rings. The topological polar surface area (TPSA) is 50.5 Å². The summed E-state index contributed by atoms with van der Waals surface area (Å²) in [6.45, 7) is 0. The molecule has 0 N–H and O–H groups in total. The van der Waals surface area contributed by atoms with E-state index < -0.39 is 11.7 Å². The van der Waals surface area contributed by atoms with Gasteiger partial charge in [0, 0.05) is 31.3 Å². The third kappa shape index (κ3) is 3.31. The van der Waals surface area contributed by atoms with E-state index in [0.29, 0.717) is 10.1 Å². The fraction of sp³-hybridized carbons (Fsp3) is 0.389. The van der Waals surface area contributed by atoms with E-state index in [2.05, 4.69) is 10.1 Å². The van der Waals surface area contributed by atoms with Crippen molar-refractivity contribution in [2.45, 2.75) is 37.4 Å². The number of likely N-dealkylation sites (N-methyl/N-ethyl adjacent to an activating group) is 1. The van der Waals surface area contributed by atoms with Crippen LogP contribution in [0.2, 0.25) is 0 Å². The standard InChI is InChI=1S/C18H17F3N4OS/c1-24(17-23-25-15(26)9-10-22-16(25)27-17)14-4-2-3-13(14)11-5-7-12(8-6-11)18(19,20)21/h5-10,13-14H,2-4H2,1H3/t13-,14-/m0/s1. The number of anilines is 1. The summed E-state index contributed by atoms with van der Waals surface area (Å²) in [6, 6.07) is 6.90. The van der Waals surface area contributed by atoms with Crippen LogP contribution in [0.3, 0.4) is 0 Å². The number of benzene rings is 1. The lowest BCUT2D eigenvalue weighted by Crippen LogP contribution is -2.33. The number of halogens is 3. The molecule has 27 heavy (non-hydrogen) atoms. The highest BCUT2D eigenvalue weighted by Gasteiger charge is 2.34. The van der Waals surface area contributed by atoms with Crippen LogP contribution in [-0.4, -0.2) is 27.7 Å². The van der Waals surface area contributed by atoms with Crippen molar-refractivity contribution in [2.24, 2.45) is 0 Å². The Labute approximate surface area is 157 Å². The minimum Gasteiger partial charge on any atom is -0.346 e. The lowest BCUT2D eigenvalue weighted by Gasteiger charge is -2.29. The summed E-state index contributed by atoms with van der Waals surface area (Å²) in [4.78, 5) is 18.6. The van der Waals surface area contributed by atoms with Crippen molar-refractivity contribution in [3.05, 3.63) is 58.0 Å². The Morgan fingerprint density at radius 2 is 1.93 bits per heavy atom. The molecule has 142 valence electrons. The molecule has 0 bridgehead atoms. The van der Waals surface area contributed by atoms with Gasteiger partial charge in [-0.2, -0.15) is 17.7 Å². The molecule has 0 amide bonds. The van der Waals surface area contributed by atoms with E-state index in [0.717, 1.165) is 37.0 Å². The van der Waals surface area contributed by atoms with Crippen molar-refractivity contribution in [3.8, 4) is 0 Å². The van der Waals surface area contributed by atoms with Crippen molar-refractivity contribution in [3.63, 3.8) is 0 Å². The Bertz CT molecular complexity index is 1010. The first-order valence-corrected chi connectivity index (χ1v) is 9.41. The summed E-state index contributed by atoms with van der Waals surface area (Å²) < 4.78 is 39.7. The van der Waals surface area contributed by atoms with Crippen LogP contribution in [-0.2, 0) is 6.18 Å². The highest BCUT2D eigenvalue weighted by atomic mass is 32.1. The Hall–Kier alpha value is -2.42. The molecular formula is C18H17F3N4OS. The second kappa shape index (κ2) is 6.63. The number of hydrogen-bond donors (Lipinski definition) is 0. The van der Waals surface area contributed by atoms with Crippen LogP contribution in [0.25, 0.3) is 4.96 Å². The zero-order chi connectivity index (χ0) is 19.2. The first-order valence-electron chi connectivity index (χ1n) is 8.59. The molecule has 2 heterocycles. The molecule has 0 radical (unpaired) electrons. The van der Waals surface area contributed by atoms with E-state index in [-0.39, 0.29) is 17.5 Å². The molecule has 1 saturated carbocycles. The molecule has 0 unspecified atom stereocenters. The van der Waals surface area contributed by atoms with E-state index in [1.54, 1.807) is 12.1 Å². The van der Waals surface area contributed by atoms with Crippen LogP contribution < -0.4 is 10.5 Å². The summed E-state index contributed by atoms with van der Waals surface area (Å²) in [6.07, 6.45) is -0.0560. The Morgan fingerprint density at radius 3 is 2.59 bits per heavy atom. The summed E-state index contributed by atoms with van der Waals surface area (Å²) in [7, 11) is 1.91. The van der Waals surface area contributed by atoms with Gasteiger partial charge in [0.15, 0.2) is 0 Å². The Kier molecular flexibility index (Phi) is 4.41. The van der Waals surface area contributed by atoms with Crippen LogP contribution >= 0.6 is 11.3 Å². The number of nitrogens with zero attached hydrogens (tertiary/aromatic N) is 4. The fourth-order valence-corrected chi connectivity index (χ4v) is 4.63. The maximum absolute atomic E-state index is 12.8. The molecule has 4 rings (SSSR count). The van der Waals surface area contributed by atoms with Gasteiger partial charge in [-0.25, -0.2) is 4.98 Å². The summed E-state index contributed by atoms with van der Waals surface area (Å²) >= 11 is 1.33. The van der Waals surface area contributed by atoms with E-state index in [4.69, 9.17) is 0 Å². The minimum absolute atomic E-state index is 0.109. The third-order valence-corrected chi connectivity index (χ3v) is 6.12. The molecule has 0 saturated heterocycles.